The van der Waals surface area contributed by atoms with Gasteiger partial charge in [-0.05, 0) is 6.54 Å². The summed E-state index contributed by atoms with van der Waals surface area (Å²) in [4.78, 5) is 40.4. The van der Waals surface area contributed by atoms with Gasteiger partial charge < -0.3 is 0 Å². The van der Waals surface area contributed by atoms with Crippen molar-refractivity contribution in [2.75, 3.05) is 18.4 Å². The maximum absolute atomic E-state index is 12.4. The minimum absolute atomic E-state index is 0.158. The third-order valence-electron chi connectivity index (χ3n) is 4.06. The molecule has 1 aromatic carbocycles. The standard InChI is InChI=1S/C15H15N5O5S/c1-2-18-4-3-12-13(8-18)26-15(16-12)17-14(21)9-5-10(19(22)23)7-11(6-9)20(24)25/h5-7H,2-4,8H2,1H3,(H,16,17,21). The summed E-state index contributed by atoms with van der Waals surface area (Å²) >= 11 is 1.35. The Morgan fingerprint density at radius 2 is 1.92 bits per heavy atom. The lowest BCUT2D eigenvalue weighted by molar-refractivity contribution is -0.394. The first-order valence-electron chi connectivity index (χ1n) is 7.83. The van der Waals surface area contributed by atoms with Crippen LogP contribution in [0.15, 0.2) is 18.2 Å². The van der Waals surface area contributed by atoms with Crippen molar-refractivity contribution in [3.63, 3.8) is 0 Å². The third-order valence-corrected chi connectivity index (χ3v) is 5.06. The predicted molar refractivity (Wildman–Crippen MR) is 94.5 cm³/mol. The summed E-state index contributed by atoms with van der Waals surface area (Å²) in [5.41, 5.74) is -0.253. The maximum atomic E-state index is 12.4. The van der Waals surface area contributed by atoms with E-state index in [9.17, 15) is 25.0 Å². The summed E-state index contributed by atoms with van der Waals surface area (Å²) in [5, 5.41) is 24.8. The molecule has 0 radical (unpaired) electrons. The summed E-state index contributed by atoms with van der Waals surface area (Å²) in [7, 11) is 0. The van der Waals surface area contributed by atoms with Gasteiger partial charge in [-0.25, -0.2) is 4.98 Å². The smallest absolute Gasteiger partial charge is 0.277 e. The number of carbonyl (C=O) groups is 1. The lowest BCUT2D eigenvalue weighted by Gasteiger charge is -2.23. The van der Waals surface area contributed by atoms with Crippen molar-refractivity contribution in [2.24, 2.45) is 0 Å². The zero-order valence-electron chi connectivity index (χ0n) is 13.8. The number of nitro benzene ring substituents is 2. The predicted octanol–water partition coefficient (Wildman–Crippen LogP) is 2.59. The Balaban J connectivity index is 1.83. The molecule has 1 amide bonds. The van der Waals surface area contributed by atoms with Crippen LogP contribution in [0.4, 0.5) is 16.5 Å². The summed E-state index contributed by atoms with van der Waals surface area (Å²) in [6.07, 6.45) is 0.790. The Morgan fingerprint density at radius 1 is 1.27 bits per heavy atom. The van der Waals surface area contributed by atoms with Crippen molar-refractivity contribution in [3.8, 4) is 0 Å². The number of aromatic nitrogens is 1. The zero-order chi connectivity index (χ0) is 18.8. The number of thiazole rings is 1. The highest BCUT2D eigenvalue weighted by Crippen LogP contribution is 2.29. The topological polar surface area (TPSA) is 132 Å². The molecule has 11 heteroatoms. The number of carbonyl (C=O) groups excluding carboxylic acids is 1. The molecule has 2 heterocycles. The highest BCUT2D eigenvalue weighted by Gasteiger charge is 2.23. The van der Waals surface area contributed by atoms with E-state index in [4.69, 9.17) is 0 Å². The molecule has 0 unspecified atom stereocenters. The first-order valence-corrected chi connectivity index (χ1v) is 8.65. The third kappa shape index (κ3) is 3.68. The number of non-ortho nitro benzene ring substituents is 2. The average Bonchev–Trinajstić information content (AvgIpc) is 3.02. The summed E-state index contributed by atoms with van der Waals surface area (Å²) in [6.45, 7) is 4.67. The van der Waals surface area contributed by atoms with E-state index in [0.29, 0.717) is 5.13 Å². The molecule has 136 valence electrons. The molecule has 2 aromatic rings. The minimum Gasteiger partial charge on any atom is -0.298 e. The Labute approximate surface area is 151 Å². The van der Waals surface area contributed by atoms with Gasteiger partial charge in [0.05, 0.1) is 27.2 Å². The Kier molecular flexibility index (Phi) is 4.91. The van der Waals surface area contributed by atoms with E-state index in [1.165, 1.54) is 11.3 Å². The normalized spacial score (nSPS) is 13.9. The number of hydrogen-bond donors (Lipinski definition) is 1. The monoisotopic (exact) mass is 377 g/mol. The van der Waals surface area contributed by atoms with E-state index in [-0.39, 0.29) is 5.56 Å². The van der Waals surface area contributed by atoms with E-state index >= 15 is 0 Å². The molecule has 0 saturated carbocycles. The van der Waals surface area contributed by atoms with Crippen molar-refractivity contribution in [1.82, 2.24) is 9.88 Å². The molecule has 1 aliphatic rings. The van der Waals surface area contributed by atoms with Gasteiger partial charge in [-0.1, -0.05) is 6.92 Å². The van der Waals surface area contributed by atoms with Crippen molar-refractivity contribution in [2.45, 2.75) is 19.9 Å². The van der Waals surface area contributed by atoms with E-state index in [2.05, 4.69) is 22.1 Å². The van der Waals surface area contributed by atoms with Crippen LogP contribution in [-0.2, 0) is 13.0 Å². The van der Waals surface area contributed by atoms with Gasteiger partial charge in [-0.3, -0.25) is 35.2 Å². The Bertz CT molecular complexity index is 864. The van der Waals surface area contributed by atoms with E-state index in [1.807, 2.05) is 0 Å². The number of fused-ring (bicyclic) bond motifs is 1. The summed E-state index contributed by atoms with van der Waals surface area (Å²) < 4.78 is 0. The van der Waals surface area contributed by atoms with Crippen LogP contribution in [0.25, 0.3) is 0 Å². The summed E-state index contributed by atoms with van der Waals surface area (Å²) in [5.74, 6) is -0.671. The van der Waals surface area contributed by atoms with Crippen LogP contribution < -0.4 is 5.32 Å². The highest BCUT2D eigenvalue weighted by atomic mass is 32.1. The van der Waals surface area contributed by atoms with Crippen molar-refractivity contribution < 1.29 is 14.6 Å². The van der Waals surface area contributed by atoms with Gasteiger partial charge >= 0.3 is 0 Å². The number of anilines is 1. The van der Waals surface area contributed by atoms with Gasteiger partial charge in [-0.2, -0.15) is 0 Å². The van der Waals surface area contributed by atoms with Gasteiger partial charge in [0.1, 0.15) is 0 Å². The lowest BCUT2D eigenvalue weighted by atomic mass is 10.1. The fourth-order valence-corrected chi connectivity index (χ4v) is 3.72. The van der Waals surface area contributed by atoms with Gasteiger partial charge in [0.25, 0.3) is 17.3 Å². The number of amides is 1. The van der Waals surface area contributed by atoms with Crippen LogP contribution in [0.5, 0.6) is 0 Å². The SMILES string of the molecule is CCN1CCc2nc(NC(=O)c3cc([N+](=O)[O-])cc([N+](=O)[O-])c3)sc2C1. The molecular formula is C15H15N5O5S. The second-order valence-corrected chi connectivity index (χ2v) is 6.80. The average molecular weight is 377 g/mol. The van der Waals surface area contributed by atoms with Crippen LogP contribution in [0.1, 0.15) is 27.9 Å². The van der Waals surface area contributed by atoms with Crippen LogP contribution in [0.3, 0.4) is 0 Å². The Morgan fingerprint density at radius 3 is 2.50 bits per heavy atom. The quantitative estimate of drug-likeness (QED) is 0.625. The molecule has 0 spiro atoms. The first-order chi connectivity index (χ1) is 12.4. The van der Waals surface area contributed by atoms with E-state index < -0.39 is 27.1 Å². The molecular weight excluding hydrogens is 362 g/mol. The van der Waals surface area contributed by atoms with E-state index in [1.54, 1.807) is 0 Å². The van der Waals surface area contributed by atoms with Crippen LogP contribution in [0.2, 0.25) is 0 Å². The van der Waals surface area contributed by atoms with Gasteiger partial charge in [0, 0.05) is 36.5 Å². The molecule has 10 nitrogen and oxygen atoms in total. The number of hydrogen-bond acceptors (Lipinski definition) is 8. The number of nitrogens with one attached hydrogen (secondary N) is 1. The molecule has 0 aliphatic carbocycles. The van der Waals surface area contributed by atoms with Crippen LogP contribution in [-0.4, -0.2) is 38.7 Å². The molecule has 0 bridgehead atoms. The number of likely N-dealkylation sites (N-methyl/N-ethyl adjacent to an activating group) is 1. The first kappa shape index (κ1) is 17.9. The lowest BCUT2D eigenvalue weighted by Crippen LogP contribution is -2.29. The molecule has 1 N–H and O–H groups in total. The van der Waals surface area contributed by atoms with Crippen molar-refractivity contribution >= 4 is 33.8 Å². The van der Waals surface area contributed by atoms with Crippen LogP contribution >= 0.6 is 11.3 Å². The number of rotatable bonds is 5. The largest absolute Gasteiger partial charge is 0.298 e. The fraction of sp³-hybridized carbons (Fsp3) is 0.333. The minimum atomic E-state index is -0.773. The number of nitro groups is 2. The second-order valence-electron chi connectivity index (χ2n) is 5.71. The maximum Gasteiger partial charge on any atom is 0.277 e. The zero-order valence-corrected chi connectivity index (χ0v) is 14.6. The molecule has 0 fully saturated rings. The fourth-order valence-electron chi connectivity index (χ4n) is 2.68. The molecule has 0 atom stereocenters. The van der Waals surface area contributed by atoms with Gasteiger partial charge in [0.15, 0.2) is 5.13 Å². The van der Waals surface area contributed by atoms with E-state index in [0.717, 1.165) is 54.8 Å². The molecule has 1 aliphatic heterocycles. The molecule has 26 heavy (non-hydrogen) atoms. The second kappa shape index (κ2) is 7.14. The van der Waals surface area contributed by atoms with Gasteiger partial charge in [-0.15, -0.1) is 11.3 Å². The van der Waals surface area contributed by atoms with Crippen molar-refractivity contribution in [3.05, 3.63) is 54.6 Å². The van der Waals surface area contributed by atoms with Gasteiger partial charge in [0.2, 0.25) is 0 Å². The molecule has 1 aromatic heterocycles. The molecule has 0 saturated heterocycles. The number of nitrogens with zero attached hydrogens (tertiary/aromatic N) is 4. The molecule has 3 rings (SSSR count). The Hall–Kier alpha value is -2.92. The number of benzene rings is 1. The highest BCUT2D eigenvalue weighted by molar-refractivity contribution is 7.15. The van der Waals surface area contributed by atoms with Crippen molar-refractivity contribution in [1.29, 1.82) is 0 Å². The summed E-state index contributed by atoms with van der Waals surface area (Å²) in [6, 6.07) is 2.83. The van der Waals surface area contributed by atoms with Crippen LogP contribution in [0, 0.1) is 20.2 Å².